The van der Waals surface area contributed by atoms with Crippen LogP contribution in [0.15, 0.2) is 18.3 Å². The summed E-state index contributed by atoms with van der Waals surface area (Å²) in [5, 5.41) is 21.0. The molecule has 1 saturated heterocycles. The molecule has 1 aromatic heterocycles. The molecule has 0 bridgehead atoms. The summed E-state index contributed by atoms with van der Waals surface area (Å²) in [6.45, 7) is 1.84. The second kappa shape index (κ2) is 5.23. The Morgan fingerprint density at radius 2 is 2.21 bits per heavy atom. The fourth-order valence-electron chi connectivity index (χ4n) is 2.01. The quantitative estimate of drug-likeness (QED) is 0.720. The maximum atomic E-state index is 12.0. The van der Waals surface area contributed by atoms with E-state index < -0.39 is 24.1 Å². The van der Waals surface area contributed by atoms with E-state index in [0.29, 0.717) is 5.69 Å². The van der Waals surface area contributed by atoms with Gasteiger partial charge in [-0.2, -0.15) is 0 Å². The second-order valence-electron chi connectivity index (χ2n) is 4.51. The fraction of sp³-hybridized carbons (Fsp3) is 0.417. The molecule has 7 heteroatoms. The third-order valence-electron chi connectivity index (χ3n) is 2.99. The molecule has 19 heavy (non-hydrogen) atoms. The lowest BCUT2D eigenvalue weighted by atomic mass is 10.2. The fourth-order valence-corrected chi connectivity index (χ4v) is 2.01. The maximum absolute atomic E-state index is 12.0. The van der Waals surface area contributed by atoms with Crippen LogP contribution in [0.1, 0.15) is 12.1 Å². The Morgan fingerprint density at radius 3 is 2.79 bits per heavy atom. The molecule has 2 amide bonds. The highest BCUT2D eigenvalue weighted by Crippen LogP contribution is 2.19. The predicted octanol–water partition coefficient (Wildman–Crippen LogP) is 0.442. The molecule has 0 aliphatic carbocycles. The van der Waals surface area contributed by atoms with E-state index in [1.165, 1.54) is 6.20 Å². The summed E-state index contributed by atoms with van der Waals surface area (Å²) in [4.78, 5) is 28.1. The third kappa shape index (κ3) is 3.00. The number of hydrogen-bond donors (Lipinski definition) is 3. The normalized spacial score (nSPS) is 22.3. The Hall–Kier alpha value is -2.15. The third-order valence-corrected chi connectivity index (χ3v) is 2.99. The Bertz CT molecular complexity index is 488. The molecular formula is C12H15N3O4. The lowest BCUT2D eigenvalue weighted by Crippen LogP contribution is -2.43. The highest BCUT2D eigenvalue weighted by molar-refractivity contribution is 5.92. The largest absolute Gasteiger partial charge is 0.480 e. The molecular weight excluding hydrogens is 250 g/mol. The van der Waals surface area contributed by atoms with Crippen LogP contribution in [0.25, 0.3) is 0 Å². The van der Waals surface area contributed by atoms with Gasteiger partial charge in [-0.05, 0) is 19.1 Å². The van der Waals surface area contributed by atoms with Gasteiger partial charge in [0.1, 0.15) is 6.04 Å². The van der Waals surface area contributed by atoms with Crippen LogP contribution in [0.3, 0.4) is 0 Å². The van der Waals surface area contributed by atoms with Crippen molar-refractivity contribution in [1.82, 2.24) is 9.88 Å². The minimum absolute atomic E-state index is 0.0160. The monoisotopic (exact) mass is 265 g/mol. The van der Waals surface area contributed by atoms with Gasteiger partial charge in [0.2, 0.25) is 0 Å². The number of carbonyl (C=O) groups is 2. The number of β-amino-alcohol motifs (C(OH)–C–C–N with tert-alkyl or cyclic N) is 1. The van der Waals surface area contributed by atoms with E-state index in [0.717, 1.165) is 10.6 Å². The number of aliphatic hydroxyl groups excluding tert-OH is 1. The molecule has 1 fully saturated rings. The van der Waals surface area contributed by atoms with Gasteiger partial charge in [-0.15, -0.1) is 0 Å². The summed E-state index contributed by atoms with van der Waals surface area (Å²) in [6, 6.07) is 1.88. The van der Waals surface area contributed by atoms with E-state index in [4.69, 9.17) is 5.11 Å². The summed E-state index contributed by atoms with van der Waals surface area (Å²) >= 11 is 0. The summed E-state index contributed by atoms with van der Waals surface area (Å²) in [5.41, 5.74) is 1.30. The lowest BCUT2D eigenvalue weighted by molar-refractivity contribution is -0.141. The van der Waals surface area contributed by atoms with Gasteiger partial charge in [-0.25, -0.2) is 9.59 Å². The Kier molecular flexibility index (Phi) is 3.66. The average molecular weight is 265 g/mol. The van der Waals surface area contributed by atoms with Crippen molar-refractivity contribution in [3.63, 3.8) is 0 Å². The summed E-state index contributed by atoms with van der Waals surface area (Å²) < 4.78 is 0. The van der Waals surface area contributed by atoms with Crippen molar-refractivity contribution in [2.24, 2.45) is 0 Å². The molecule has 2 atom stereocenters. The summed E-state index contributed by atoms with van der Waals surface area (Å²) in [5.74, 6) is -1.12. The molecule has 3 N–H and O–H groups in total. The van der Waals surface area contributed by atoms with Crippen molar-refractivity contribution in [1.29, 1.82) is 0 Å². The Morgan fingerprint density at radius 1 is 1.47 bits per heavy atom. The first-order valence-corrected chi connectivity index (χ1v) is 5.88. The molecule has 102 valence electrons. The minimum atomic E-state index is -1.12. The molecule has 0 aromatic carbocycles. The number of likely N-dealkylation sites (tertiary alicyclic amines) is 1. The molecule has 7 nitrogen and oxygen atoms in total. The smallest absolute Gasteiger partial charge is 0.326 e. The van der Waals surface area contributed by atoms with E-state index in [1.807, 2.05) is 6.92 Å². The number of urea groups is 1. The van der Waals surface area contributed by atoms with Crippen LogP contribution in [0.2, 0.25) is 0 Å². The van der Waals surface area contributed by atoms with E-state index in [1.54, 1.807) is 12.1 Å². The van der Waals surface area contributed by atoms with Crippen molar-refractivity contribution < 1.29 is 19.8 Å². The predicted molar refractivity (Wildman–Crippen MR) is 66.7 cm³/mol. The van der Waals surface area contributed by atoms with Gasteiger partial charge < -0.3 is 20.4 Å². The van der Waals surface area contributed by atoms with E-state index in [-0.39, 0.29) is 13.0 Å². The zero-order valence-electron chi connectivity index (χ0n) is 10.4. The molecule has 1 unspecified atom stereocenters. The number of aliphatic hydroxyl groups is 1. The van der Waals surface area contributed by atoms with Gasteiger partial charge in [-0.3, -0.25) is 4.98 Å². The van der Waals surface area contributed by atoms with Crippen LogP contribution in [0.4, 0.5) is 10.5 Å². The van der Waals surface area contributed by atoms with Crippen molar-refractivity contribution in [3.05, 3.63) is 24.0 Å². The van der Waals surface area contributed by atoms with E-state index >= 15 is 0 Å². The number of aliphatic carboxylic acids is 1. The maximum Gasteiger partial charge on any atom is 0.326 e. The van der Waals surface area contributed by atoms with Crippen LogP contribution >= 0.6 is 0 Å². The number of hydrogen-bond acceptors (Lipinski definition) is 4. The van der Waals surface area contributed by atoms with Crippen molar-refractivity contribution >= 4 is 17.7 Å². The standard InChI is InChI=1S/C12H15N3O4/c1-7-2-3-8(5-13-7)14-12(19)15-6-9(16)4-10(15)11(17)18/h2-3,5,9-10,16H,4,6H2,1H3,(H,14,19)(H,17,18)/t9?,10-/m0/s1. The molecule has 1 aliphatic heterocycles. The van der Waals surface area contributed by atoms with E-state index in [2.05, 4.69) is 10.3 Å². The van der Waals surface area contributed by atoms with Gasteiger partial charge in [0, 0.05) is 18.7 Å². The number of amides is 2. The van der Waals surface area contributed by atoms with E-state index in [9.17, 15) is 14.7 Å². The number of anilines is 1. The molecule has 0 spiro atoms. The molecule has 2 heterocycles. The molecule has 0 saturated carbocycles. The zero-order chi connectivity index (χ0) is 14.0. The topological polar surface area (TPSA) is 103 Å². The summed E-state index contributed by atoms with van der Waals surface area (Å²) in [6.07, 6.45) is 0.743. The van der Waals surface area contributed by atoms with Gasteiger partial charge in [0.05, 0.1) is 18.0 Å². The van der Waals surface area contributed by atoms with Crippen LogP contribution < -0.4 is 5.32 Å². The average Bonchev–Trinajstić information content (AvgIpc) is 2.74. The van der Waals surface area contributed by atoms with Crippen LogP contribution in [0, 0.1) is 6.92 Å². The first-order chi connectivity index (χ1) is 8.97. The number of nitrogens with one attached hydrogen (secondary N) is 1. The second-order valence-corrected chi connectivity index (χ2v) is 4.51. The molecule has 1 aromatic rings. The van der Waals surface area contributed by atoms with Gasteiger partial charge in [-0.1, -0.05) is 0 Å². The lowest BCUT2D eigenvalue weighted by Gasteiger charge is -2.21. The number of nitrogens with zero attached hydrogens (tertiary/aromatic N) is 2. The SMILES string of the molecule is Cc1ccc(NC(=O)N2CC(O)C[C@H]2C(=O)O)cn1. The number of carboxylic acids is 1. The molecule has 0 radical (unpaired) electrons. The minimum Gasteiger partial charge on any atom is -0.480 e. The number of aromatic nitrogens is 1. The Labute approximate surface area is 109 Å². The van der Waals surface area contributed by atoms with Crippen LogP contribution in [-0.2, 0) is 4.79 Å². The van der Waals surface area contributed by atoms with Crippen molar-refractivity contribution in [2.45, 2.75) is 25.5 Å². The van der Waals surface area contributed by atoms with Crippen molar-refractivity contribution in [3.8, 4) is 0 Å². The van der Waals surface area contributed by atoms with Gasteiger partial charge >= 0.3 is 12.0 Å². The number of rotatable bonds is 2. The highest BCUT2D eigenvalue weighted by atomic mass is 16.4. The molecule has 2 rings (SSSR count). The van der Waals surface area contributed by atoms with Crippen LogP contribution in [0.5, 0.6) is 0 Å². The number of carbonyl (C=O) groups excluding carboxylic acids is 1. The Balaban J connectivity index is 2.06. The van der Waals surface area contributed by atoms with Crippen LogP contribution in [-0.4, -0.2) is 50.8 Å². The molecule has 1 aliphatic rings. The number of aryl methyl sites for hydroxylation is 1. The number of carboxylic acid groups (broad SMARTS) is 1. The zero-order valence-corrected chi connectivity index (χ0v) is 10.4. The first-order valence-electron chi connectivity index (χ1n) is 5.88. The van der Waals surface area contributed by atoms with Crippen molar-refractivity contribution in [2.75, 3.05) is 11.9 Å². The van der Waals surface area contributed by atoms with Gasteiger partial charge in [0.25, 0.3) is 0 Å². The van der Waals surface area contributed by atoms with Gasteiger partial charge in [0.15, 0.2) is 0 Å². The number of pyridine rings is 1. The highest BCUT2D eigenvalue weighted by Gasteiger charge is 2.38. The first kappa shape index (κ1) is 13.3. The summed E-state index contributed by atoms with van der Waals surface area (Å²) in [7, 11) is 0.